The maximum Gasteiger partial charge on any atom is 0.219 e. The van der Waals surface area contributed by atoms with Gasteiger partial charge in [0.05, 0.1) is 18.8 Å². The zero-order valence-corrected chi connectivity index (χ0v) is 12.0. The summed E-state index contributed by atoms with van der Waals surface area (Å²) in [6, 6.07) is 9.51. The number of rotatable bonds is 5. The minimum atomic E-state index is -0.568. The van der Waals surface area contributed by atoms with Crippen molar-refractivity contribution < 1.29 is 14.6 Å². The molecule has 0 spiro atoms. The molecule has 4 nitrogen and oxygen atoms in total. The third-order valence-corrected chi connectivity index (χ3v) is 3.05. The van der Waals surface area contributed by atoms with E-state index in [1.54, 1.807) is 20.2 Å². The van der Waals surface area contributed by atoms with Gasteiger partial charge in [0.1, 0.15) is 12.4 Å². The molecule has 2 rings (SSSR count). The van der Waals surface area contributed by atoms with Gasteiger partial charge in [-0.05, 0) is 37.6 Å². The number of hydrogen-bond acceptors (Lipinski definition) is 4. The summed E-state index contributed by atoms with van der Waals surface area (Å²) < 4.78 is 11.0. The van der Waals surface area contributed by atoms with E-state index in [1.807, 2.05) is 37.3 Å². The zero-order chi connectivity index (χ0) is 14.5. The molecule has 1 atom stereocenters. The van der Waals surface area contributed by atoms with E-state index in [-0.39, 0.29) is 0 Å². The summed E-state index contributed by atoms with van der Waals surface area (Å²) >= 11 is 0. The van der Waals surface area contributed by atoms with E-state index in [1.165, 1.54) is 0 Å². The first-order valence-electron chi connectivity index (χ1n) is 6.51. The third-order valence-electron chi connectivity index (χ3n) is 3.05. The number of nitrogens with zero attached hydrogens (tertiary/aromatic N) is 1. The first-order valence-corrected chi connectivity index (χ1v) is 6.51. The van der Waals surface area contributed by atoms with Gasteiger partial charge in [-0.1, -0.05) is 12.1 Å². The standard InChI is InChI=1S/C16H19NO3/c1-11-6-7-14(12(2)18)15(9-11)20-10-13-5-4-8-17-16(13)19-3/h4-9,12,18H,10H2,1-3H3/t12-/m0/s1. The molecule has 0 bridgehead atoms. The zero-order valence-electron chi connectivity index (χ0n) is 12.0. The summed E-state index contributed by atoms with van der Waals surface area (Å²) in [7, 11) is 1.58. The minimum Gasteiger partial charge on any atom is -0.488 e. The van der Waals surface area contributed by atoms with E-state index in [2.05, 4.69) is 4.98 Å². The second-order valence-electron chi connectivity index (χ2n) is 4.68. The van der Waals surface area contributed by atoms with Gasteiger partial charge in [0.25, 0.3) is 0 Å². The molecular formula is C16H19NO3. The molecule has 0 aliphatic carbocycles. The molecule has 0 radical (unpaired) electrons. The van der Waals surface area contributed by atoms with Crippen molar-refractivity contribution >= 4 is 0 Å². The molecule has 1 N–H and O–H groups in total. The van der Waals surface area contributed by atoms with Gasteiger partial charge in [-0.2, -0.15) is 0 Å². The maximum atomic E-state index is 9.78. The molecule has 1 aromatic heterocycles. The van der Waals surface area contributed by atoms with Gasteiger partial charge in [-0.15, -0.1) is 0 Å². The highest BCUT2D eigenvalue weighted by molar-refractivity contribution is 5.39. The normalized spacial score (nSPS) is 12.0. The lowest BCUT2D eigenvalue weighted by molar-refractivity contribution is 0.189. The number of benzene rings is 1. The molecule has 0 aliphatic rings. The quantitative estimate of drug-likeness (QED) is 0.909. The Labute approximate surface area is 119 Å². The average molecular weight is 273 g/mol. The molecule has 0 saturated carbocycles. The van der Waals surface area contributed by atoms with Crippen molar-refractivity contribution in [3.05, 3.63) is 53.2 Å². The number of methoxy groups -OCH3 is 1. The van der Waals surface area contributed by atoms with Crippen LogP contribution in [0.2, 0.25) is 0 Å². The van der Waals surface area contributed by atoms with Crippen LogP contribution in [0.5, 0.6) is 11.6 Å². The van der Waals surface area contributed by atoms with Gasteiger partial charge in [0.15, 0.2) is 0 Å². The van der Waals surface area contributed by atoms with Gasteiger partial charge in [-0.25, -0.2) is 4.98 Å². The lowest BCUT2D eigenvalue weighted by Gasteiger charge is -2.15. The molecule has 4 heteroatoms. The van der Waals surface area contributed by atoms with E-state index in [0.29, 0.717) is 18.2 Å². The van der Waals surface area contributed by atoms with Crippen LogP contribution in [0, 0.1) is 6.92 Å². The van der Waals surface area contributed by atoms with Crippen molar-refractivity contribution in [2.45, 2.75) is 26.6 Å². The predicted octanol–water partition coefficient (Wildman–Crippen LogP) is 3.03. The average Bonchev–Trinajstić information content (AvgIpc) is 2.45. The van der Waals surface area contributed by atoms with E-state index < -0.39 is 6.10 Å². The molecule has 0 fully saturated rings. The summed E-state index contributed by atoms with van der Waals surface area (Å²) in [6.45, 7) is 4.06. The van der Waals surface area contributed by atoms with Gasteiger partial charge in [-0.3, -0.25) is 0 Å². The fourth-order valence-corrected chi connectivity index (χ4v) is 1.98. The summed E-state index contributed by atoms with van der Waals surface area (Å²) in [5.74, 6) is 1.24. The Morgan fingerprint density at radius 1 is 1.30 bits per heavy atom. The lowest BCUT2D eigenvalue weighted by atomic mass is 10.1. The number of pyridine rings is 1. The van der Waals surface area contributed by atoms with Crippen LogP contribution in [0.25, 0.3) is 0 Å². The fourth-order valence-electron chi connectivity index (χ4n) is 1.98. The molecule has 0 saturated heterocycles. The predicted molar refractivity (Wildman–Crippen MR) is 76.9 cm³/mol. The van der Waals surface area contributed by atoms with Gasteiger partial charge >= 0.3 is 0 Å². The SMILES string of the molecule is COc1ncccc1COc1cc(C)ccc1[C@H](C)O. The van der Waals surface area contributed by atoms with Crippen molar-refractivity contribution in [3.63, 3.8) is 0 Å². The number of hydrogen-bond donors (Lipinski definition) is 1. The highest BCUT2D eigenvalue weighted by atomic mass is 16.5. The van der Waals surface area contributed by atoms with Gasteiger partial charge < -0.3 is 14.6 Å². The van der Waals surface area contributed by atoms with Crippen molar-refractivity contribution in [2.24, 2.45) is 0 Å². The van der Waals surface area contributed by atoms with Crippen molar-refractivity contribution in [1.82, 2.24) is 4.98 Å². The van der Waals surface area contributed by atoms with Gasteiger partial charge in [0, 0.05) is 11.8 Å². The minimum absolute atomic E-state index is 0.347. The van der Waals surface area contributed by atoms with Crippen LogP contribution in [0.15, 0.2) is 36.5 Å². The third kappa shape index (κ3) is 3.27. The number of ether oxygens (including phenoxy) is 2. The number of aliphatic hydroxyl groups excluding tert-OH is 1. The summed E-state index contributed by atoms with van der Waals surface area (Å²) in [5, 5.41) is 9.78. The summed E-state index contributed by atoms with van der Waals surface area (Å²) in [4.78, 5) is 4.13. The Balaban J connectivity index is 2.20. The van der Waals surface area contributed by atoms with E-state index in [4.69, 9.17) is 9.47 Å². The second kappa shape index (κ2) is 6.39. The fraction of sp³-hybridized carbons (Fsp3) is 0.312. The van der Waals surface area contributed by atoms with Crippen molar-refractivity contribution in [3.8, 4) is 11.6 Å². The number of aliphatic hydroxyl groups is 1. The van der Waals surface area contributed by atoms with Crippen LogP contribution in [-0.4, -0.2) is 17.2 Å². The number of aryl methyl sites for hydroxylation is 1. The molecule has 106 valence electrons. The first-order chi connectivity index (χ1) is 9.61. The molecule has 0 amide bonds. The van der Waals surface area contributed by atoms with E-state index >= 15 is 0 Å². The van der Waals surface area contributed by atoms with Crippen LogP contribution in [0.4, 0.5) is 0 Å². The van der Waals surface area contributed by atoms with Gasteiger partial charge in [0.2, 0.25) is 5.88 Å². The Morgan fingerprint density at radius 2 is 2.10 bits per heavy atom. The Kier molecular flexibility index (Phi) is 4.58. The Morgan fingerprint density at radius 3 is 2.80 bits per heavy atom. The summed E-state index contributed by atoms with van der Waals surface area (Å²) in [6.07, 6.45) is 1.11. The molecule has 1 heterocycles. The highest BCUT2D eigenvalue weighted by Gasteiger charge is 2.11. The topological polar surface area (TPSA) is 51.6 Å². The molecule has 20 heavy (non-hydrogen) atoms. The van der Waals surface area contributed by atoms with Crippen LogP contribution >= 0.6 is 0 Å². The van der Waals surface area contributed by atoms with E-state index in [0.717, 1.165) is 16.7 Å². The maximum absolute atomic E-state index is 9.78. The first kappa shape index (κ1) is 14.3. The smallest absolute Gasteiger partial charge is 0.219 e. The second-order valence-corrected chi connectivity index (χ2v) is 4.68. The Bertz CT molecular complexity index is 582. The molecule has 1 aromatic carbocycles. The molecular weight excluding hydrogens is 254 g/mol. The van der Waals surface area contributed by atoms with Crippen LogP contribution in [0.1, 0.15) is 29.7 Å². The molecule has 2 aromatic rings. The van der Waals surface area contributed by atoms with Crippen LogP contribution < -0.4 is 9.47 Å². The monoisotopic (exact) mass is 273 g/mol. The largest absolute Gasteiger partial charge is 0.488 e. The lowest BCUT2D eigenvalue weighted by Crippen LogP contribution is -2.03. The van der Waals surface area contributed by atoms with Crippen molar-refractivity contribution in [1.29, 1.82) is 0 Å². The Hall–Kier alpha value is -2.07. The van der Waals surface area contributed by atoms with Crippen LogP contribution in [0.3, 0.4) is 0 Å². The molecule has 0 aliphatic heterocycles. The summed E-state index contributed by atoms with van der Waals surface area (Å²) in [5.41, 5.74) is 2.73. The van der Waals surface area contributed by atoms with E-state index in [9.17, 15) is 5.11 Å². The van der Waals surface area contributed by atoms with Crippen molar-refractivity contribution in [2.75, 3.05) is 7.11 Å². The highest BCUT2D eigenvalue weighted by Crippen LogP contribution is 2.27. The number of aromatic nitrogens is 1. The molecule has 0 unspecified atom stereocenters. The van der Waals surface area contributed by atoms with Crippen LogP contribution in [-0.2, 0) is 6.61 Å².